The van der Waals surface area contributed by atoms with E-state index in [2.05, 4.69) is 23.4 Å². The minimum atomic E-state index is 0.141. The molecule has 1 atom stereocenters. The Kier molecular flexibility index (Phi) is 4.25. The SMILES string of the molecule is C#CCC(CC)NC(=O)C1CC=CC1. The summed E-state index contributed by atoms with van der Waals surface area (Å²) in [5.41, 5.74) is 0. The summed E-state index contributed by atoms with van der Waals surface area (Å²) in [6, 6.07) is 0.146. The molecule has 0 saturated heterocycles. The number of rotatable bonds is 4. The highest BCUT2D eigenvalue weighted by atomic mass is 16.1. The van der Waals surface area contributed by atoms with Crippen molar-refractivity contribution in [2.24, 2.45) is 5.92 Å². The average molecular weight is 191 g/mol. The molecule has 76 valence electrons. The normalized spacial score (nSPS) is 17.7. The topological polar surface area (TPSA) is 29.1 Å². The van der Waals surface area contributed by atoms with Gasteiger partial charge in [-0.05, 0) is 19.3 Å². The van der Waals surface area contributed by atoms with Gasteiger partial charge < -0.3 is 5.32 Å². The van der Waals surface area contributed by atoms with E-state index in [4.69, 9.17) is 6.42 Å². The van der Waals surface area contributed by atoms with Gasteiger partial charge in [-0.15, -0.1) is 12.3 Å². The molecule has 14 heavy (non-hydrogen) atoms. The molecule has 1 unspecified atom stereocenters. The fourth-order valence-corrected chi connectivity index (χ4v) is 1.59. The zero-order valence-electron chi connectivity index (χ0n) is 8.62. The van der Waals surface area contributed by atoms with Gasteiger partial charge in [-0.1, -0.05) is 19.1 Å². The molecule has 0 fully saturated rings. The van der Waals surface area contributed by atoms with E-state index in [1.807, 2.05) is 6.92 Å². The molecular formula is C12H17NO. The first-order valence-corrected chi connectivity index (χ1v) is 5.16. The van der Waals surface area contributed by atoms with Crippen LogP contribution in [0, 0.1) is 18.3 Å². The third kappa shape index (κ3) is 2.92. The van der Waals surface area contributed by atoms with Crippen LogP contribution in [0.5, 0.6) is 0 Å². The fraction of sp³-hybridized carbons (Fsp3) is 0.583. The summed E-state index contributed by atoms with van der Waals surface area (Å²) in [6.07, 6.45) is 12.6. The molecule has 0 heterocycles. The lowest BCUT2D eigenvalue weighted by Crippen LogP contribution is -2.37. The number of amides is 1. The Morgan fingerprint density at radius 1 is 1.64 bits per heavy atom. The van der Waals surface area contributed by atoms with Gasteiger partial charge in [-0.3, -0.25) is 4.79 Å². The minimum absolute atomic E-state index is 0.141. The molecule has 2 nitrogen and oxygen atoms in total. The summed E-state index contributed by atoms with van der Waals surface area (Å²) in [7, 11) is 0. The van der Waals surface area contributed by atoms with Crippen LogP contribution in [0.25, 0.3) is 0 Å². The number of hydrogen-bond acceptors (Lipinski definition) is 1. The van der Waals surface area contributed by atoms with Crippen LogP contribution in [0.2, 0.25) is 0 Å². The van der Waals surface area contributed by atoms with Crippen LogP contribution in [-0.2, 0) is 4.79 Å². The molecule has 1 amide bonds. The molecule has 0 aromatic heterocycles. The van der Waals surface area contributed by atoms with Gasteiger partial charge >= 0.3 is 0 Å². The first kappa shape index (κ1) is 10.8. The Labute approximate surface area is 85.8 Å². The van der Waals surface area contributed by atoms with Crippen molar-refractivity contribution in [1.29, 1.82) is 0 Å². The molecule has 1 N–H and O–H groups in total. The summed E-state index contributed by atoms with van der Waals surface area (Å²) < 4.78 is 0. The van der Waals surface area contributed by atoms with Gasteiger partial charge in [0.2, 0.25) is 5.91 Å². The lowest BCUT2D eigenvalue weighted by molar-refractivity contribution is -0.125. The van der Waals surface area contributed by atoms with Gasteiger partial charge in [0.1, 0.15) is 0 Å². The molecule has 1 aliphatic carbocycles. The predicted molar refractivity (Wildman–Crippen MR) is 57.5 cm³/mol. The zero-order valence-corrected chi connectivity index (χ0v) is 8.62. The highest BCUT2D eigenvalue weighted by molar-refractivity contribution is 5.79. The Bertz CT molecular complexity index is 254. The van der Waals surface area contributed by atoms with Gasteiger partial charge in [0.05, 0.1) is 0 Å². The van der Waals surface area contributed by atoms with Crippen molar-refractivity contribution in [3.05, 3.63) is 12.2 Å². The second-order valence-corrected chi connectivity index (χ2v) is 3.66. The van der Waals surface area contributed by atoms with E-state index >= 15 is 0 Å². The number of carbonyl (C=O) groups excluding carboxylic acids is 1. The summed E-state index contributed by atoms with van der Waals surface area (Å²) in [5.74, 6) is 2.87. The lowest BCUT2D eigenvalue weighted by atomic mass is 10.0. The first-order valence-electron chi connectivity index (χ1n) is 5.16. The second-order valence-electron chi connectivity index (χ2n) is 3.66. The van der Waals surface area contributed by atoms with E-state index in [-0.39, 0.29) is 17.9 Å². The van der Waals surface area contributed by atoms with E-state index in [9.17, 15) is 4.79 Å². The average Bonchev–Trinajstić information content (AvgIpc) is 2.69. The van der Waals surface area contributed by atoms with Gasteiger partial charge in [-0.2, -0.15) is 0 Å². The van der Waals surface area contributed by atoms with E-state index in [1.165, 1.54) is 0 Å². The molecule has 0 radical (unpaired) electrons. The van der Waals surface area contributed by atoms with Crippen LogP contribution in [0.1, 0.15) is 32.6 Å². The fourth-order valence-electron chi connectivity index (χ4n) is 1.59. The highest BCUT2D eigenvalue weighted by Gasteiger charge is 2.20. The van der Waals surface area contributed by atoms with E-state index in [0.29, 0.717) is 6.42 Å². The van der Waals surface area contributed by atoms with Crippen molar-refractivity contribution in [2.45, 2.75) is 38.6 Å². The molecule has 0 aliphatic heterocycles. The van der Waals surface area contributed by atoms with Crippen molar-refractivity contribution < 1.29 is 4.79 Å². The summed E-state index contributed by atoms with van der Waals surface area (Å²) in [5, 5.41) is 2.99. The molecule has 2 heteroatoms. The number of terminal acetylenes is 1. The minimum Gasteiger partial charge on any atom is -0.352 e. The van der Waals surface area contributed by atoms with E-state index in [1.54, 1.807) is 0 Å². The maximum Gasteiger partial charge on any atom is 0.223 e. The van der Waals surface area contributed by atoms with Crippen LogP contribution in [-0.4, -0.2) is 11.9 Å². The summed E-state index contributed by atoms with van der Waals surface area (Å²) >= 11 is 0. The number of hydrogen-bond donors (Lipinski definition) is 1. The van der Waals surface area contributed by atoms with Crippen LogP contribution < -0.4 is 5.32 Å². The van der Waals surface area contributed by atoms with Crippen LogP contribution >= 0.6 is 0 Å². The largest absolute Gasteiger partial charge is 0.352 e. The number of carbonyl (C=O) groups is 1. The molecule has 0 spiro atoms. The van der Waals surface area contributed by atoms with Crippen LogP contribution in [0.15, 0.2) is 12.2 Å². The number of allylic oxidation sites excluding steroid dienone is 2. The number of nitrogens with one attached hydrogen (secondary N) is 1. The molecule has 1 rings (SSSR count). The Balaban J connectivity index is 2.35. The van der Waals surface area contributed by atoms with Crippen molar-refractivity contribution in [2.75, 3.05) is 0 Å². The van der Waals surface area contributed by atoms with Gasteiger partial charge in [-0.25, -0.2) is 0 Å². The third-order valence-corrected chi connectivity index (χ3v) is 2.58. The van der Waals surface area contributed by atoms with Crippen molar-refractivity contribution >= 4 is 5.91 Å². The molecule has 0 bridgehead atoms. The van der Waals surface area contributed by atoms with Crippen LogP contribution in [0.4, 0.5) is 0 Å². The molecule has 0 aromatic carbocycles. The maximum atomic E-state index is 11.7. The Morgan fingerprint density at radius 3 is 2.79 bits per heavy atom. The summed E-state index contributed by atoms with van der Waals surface area (Å²) in [6.45, 7) is 2.04. The van der Waals surface area contributed by atoms with Gasteiger partial charge in [0.15, 0.2) is 0 Å². The molecule has 0 aromatic rings. The standard InChI is InChI=1S/C12H17NO/c1-3-7-11(4-2)13-12(14)10-8-5-6-9-10/h1,5-6,10-11H,4,7-9H2,2H3,(H,13,14). The Hall–Kier alpha value is -1.23. The molecule has 0 saturated carbocycles. The third-order valence-electron chi connectivity index (χ3n) is 2.58. The van der Waals surface area contributed by atoms with Gasteiger partial charge in [0.25, 0.3) is 0 Å². The smallest absolute Gasteiger partial charge is 0.223 e. The predicted octanol–water partition coefficient (Wildman–Crippen LogP) is 1.87. The Morgan fingerprint density at radius 2 is 2.29 bits per heavy atom. The zero-order chi connectivity index (χ0) is 10.4. The van der Waals surface area contributed by atoms with E-state index in [0.717, 1.165) is 19.3 Å². The monoisotopic (exact) mass is 191 g/mol. The first-order chi connectivity index (χ1) is 6.77. The summed E-state index contributed by atoms with van der Waals surface area (Å²) in [4.78, 5) is 11.7. The highest BCUT2D eigenvalue weighted by Crippen LogP contribution is 2.18. The van der Waals surface area contributed by atoms with Crippen molar-refractivity contribution in [3.8, 4) is 12.3 Å². The molecular weight excluding hydrogens is 174 g/mol. The van der Waals surface area contributed by atoms with Crippen molar-refractivity contribution in [1.82, 2.24) is 5.32 Å². The lowest BCUT2D eigenvalue weighted by Gasteiger charge is -2.17. The quantitative estimate of drug-likeness (QED) is 0.533. The second kappa shape index (κ2) is 5.49. The molecule has 1 aliphatic rings. The van der Waals surface area contributed by atoms with Crippen molar-refractivity contribution in [3.63, 3.8) is 0 Å². The van der Waals surface area contributed by atoms with E-state index < -0.39 is 0 Å². The van der Waals surface area contributed by atoms with Crippen LogP contribution in [0.3, 0.4) is 0 Å². The van der Waals surface area contributed by atoms with Gasteiger partial charge in [0, 0.05) is 18.4 Å². The maximum absolute atomic E-state index is 11.7.